The third kappa shape index (κ3) is 3.47. The van der Waals surface area contributed by atoms with E-state index in [0.29, 0.717) is 0 Å². The number of para-hydroxylation sites is 1. The molecule has 0 spiro atoms. The summed E-state index contributed by atoms with van der Waals surface area (Å²) in [4.78, 5) is 14.1. The van der Waals surface area contributed by atoms with Crippen LogP contribution in [0.25, 0.3) is 0 Å². The molecule has 2 rings (SSSR count). The average Bonchev–Trinajstić information content (AvgIpc) is 2.39. The van der Waals surface area contributed by atoms with Crippen molar-refractivity contribution < 1.29 is 4.79 Å². The zero-order valence-corrected chi connectivity index (χ0v) is 11.7. The van der Waals surface area contributed by atoms with Crippen LogP contribution < -0.4 is 11.1 Å². The normalized spacial score (nSPS) is 18.2. The van der Waals surface area contributed by atoms with Crippen molar-refractivity contribution in [3.8, 4) is 0 Å². The average molecular weight is 261 g/mol. The van der Waals surface area contributed by atoms with Crippen molar-refractivity contribution in [2.75, 3.05) is 18.4 Å². The van der Waals surface area contributed by atoms with Crippen molar-refractivity contribution in [1.29, 1.82) is 0 Å². The third-order valence-corrected chi connectivity index (χ3v) is 3.76. The van der Waals surface area contributed by atoms with Gasteiger partial charge in [-0.2, -0.15) is 0 Å². The zero-order chi connectivity index (χ0) is 13.8. The summed E-state index contributed by atoms with van der Waals surface area (Å²) in [7, 11) is 0. The molecule has 0 aliphatic carbocycles. The predicted molar refractivity (Wildman–Crippen MR) is 78.0 cm³/mol. The number of nitrogens with two attached hydrogens (primary N) is 1. The number of nitrogens with one attached hydrogen (secondary N) is 1. The Morgan fingerprint density at radius 3 is 2.63 bits per heavy atom. The van der Waals surface area contributed by atoms with E-state index < -0.39 is 0 Å². The van der Waals surface area contributed by atoms with Gasteiger partial charge in [-0.15, -0.1) is 0 Å². The molecule has 1 aliphatic rings. The summed E-state index contributed by atoms with van der Waals surface area (Å²) < 4.78 is 0. The molecule has 1 saturated heterocycles. The number of likely N-dealkylation sites (tertiary alicyclic amines) is 1. The number of amides is 2. The predicted octanol–water partition coefficient (Wildman–Crippen LogP) is 2.97. The van der Waals surface area contributed by atoms with Crippen molar-refractivity contribution in [3.63, 3.8) is 0 Å². The van der Waals surface area contributed by atoms with Gasteiger partial charge in [-0.3, -0.25) is 0 Å². The smallest absolute Gasteiger partial charge is 0.321 e. The Bertz CT molecular complexity index is 437. The largest absolute Gasteiger partial charge is 0.325 e. The Balaban J connectivity index is 2.03. The number of nitrogens with zero attached hydrogens (tertiary/aromatic N) is 1. The van der Waals surface area contributed by atoms with Crippen LogP contribution >= 0.6 is 0 Å². The molecule has 1 atom stereocenters. The van der Waals surface area contributed by atoms with Crippen molar-refractivity contribution in [2.45, 2.75) is 32.7 Å². The molecule has 1 fully saturated rings. The highest BCUT2D eigenvalue weighted by Gasteiger charge is 2.21. The molecule has 104 valence electrons. The number of anilines is 1. The summed E-state index contributed by atoms with van der Waals surface area (Å²) in [5, 5.41) is 2.98. The second-order valence-corrected chi connectivity index (χ2v) is 5.48. The summed E-state index contributed by atoms with van der Waals surface area (Å²) in [5.74, 6) is 0.723. The molecule has 1 aliphatic heterocycles. The lowest BCUT2D eigenvalue weighted by Crippen LogP contribution is -2.40. The van der Waals surface area contributed by atoms with Crippen LogP contribution in [0.15, 0.2) is 24.3 Å². The van der Waals surface area contributed by atoms with Crippen LogP contribution in [0, 0.1) is 5.92 Å². The fourth-order valence-corrected chi connectivity index (χ4v) is 2.41. The minimum absolute atomic E-state index is 0.0139. The summed E-state index contributed by atoms with van der Waals surface area (Å²) in [5.41, 5.74) is 7.72. The highest BCUT2D eigenvalue weighted by Crippen LogP contribution is 2.22. The summed E-state index contributed by atoms with van der Waals surface area (Å²) in [6.45, 7) is 5.84. The van der Waals surface area contributed by atoms with Gasteiger partial charge in [0.1, 0.15) is 0 Å². The Kier molecular flexibility index (Phi) is 4.43. The molecule has 0 bridgehead atoms. The second kappa shape index (κ2) is 6.06. The lowest BCUT2D eigenvalue weighted by atomic mass is 9.99. The van der Waals surface area contributed by atoms with E-state index in [9.17, 15) is 4.79 Å². The van der Waals surface area contributed by atoms with E-state index in [1.165, 1.54) is 0 Å². The van der Waals surface area contributed by atoms with Crippen LogP contribution in [0.2, 0.25) is 0 Å². The first-order chi connectivity index (χ1) is 9.08. The first-order valence-corrected chi connectivity index (χ1v) is 6.98. The van der Waals surface area contributed by atoms with Gasteiger partial charge in [-0.1, -0.05) is 25.1 Å². The molecular weight excluding hydrogens is 238 g/mol. The number of carbonyl (C=O) groups excluding carboxylic acids is 1. The van der Waals surface area contributed by atoms with E-state index in [0.717, 1.165) is 43.1 Å². The Hall–Kier alpha value is -1.55. The Labute approximate surface area is 115 Å². The summed E-state index contributed by atoms with van der Waals surface area (Å²) >= 11 is 0. The van der Waals surface area contributed by atoms with Gasteiger partial charge in [0.05, 0.1) is 0 Å². The molecule has 1 heterocycles. The standard InChI is InChI=1S/C15H23N3O/c1-11-7-9-18(10-8-11)15(19)17-14-6-4-3-5-13(14)12(2)16/h3-6,11-12H,7-10,16H2,1-2H3,(H,17,19). The quantitative estimate of drug-likeness (QED) is 0.860. The molecule has 3 N–H and O–H groups in total. The topological polar surface area (TPSA) is 58.4 Å². The van der Waals surface area contributed by atoms with Gasteiger partial charge in [0.2, 0.25) is 0 Å². The van der Waals surface area contributed by atoms with E-state index >= 15 is 0 Å². The number of hydrogen-bond acceptors (Lipinski definition) is 2. The molecule has 19 heavy (non-hydrogen) atoms. The number of hydrogen-bond donors (Lipinski definition) is 2. The number of urea groups is 1. The van der Waals surface area contributed by atoms with Crippen LogP contribution in [-0.2, 0) is 0 Å². The molecule has 0 radical (unpaired) electrons. The van der Waals surface area contributed by atoms with Gasteiger partial charge in [0.15, 0.2) is 0 Å². The van der Waals surface area contributed by atoms with Crippen LogP contribution in [0.5, 0.6) is 0 Å². The van der Waals surface area contributed by atoms with Crippen LogP contribution in [0.3, 0.4) is 0 Å². The molecule has 0 saturated carbocycles. The van der Waals surface area contributed by atoms with Crippen LogP contribution in [-0.4, -0.2) is 24.0 Å². The first kappa shape index (κ1) is 13.9. The van der Waals surface area contributed by atoms with E-state index in [-0.39, 0.29) is 12.1 Å². The highest BCUT2D eigenvalue weighted by molar-refractivity contribution is 5.90. The second-order valence-electron chi connectivity index (χ2n) is 5.48. The zero-order valence-electron chi connectivity index (χ0n) is 11.7. The lowest BCUT2D eigenvalue weighted by Gasteiger charge is -2.30. The van der Waals surface area contributed by atoms with Gasteiger partial charge in [0.25, 0.3) is 0 Å². The monoisotopic (exact) mass is 261 g/mol. The fourth-order valence-electron chi connectivity index (χ4n) is 2.41. The van der Waals surface area contributed by atoms with E-state index in [2.05, 4.69) is 12.2 Å². The van der Waals surface area contributed by atoms with Gasteiger partial charge >= 0.3 is 6.03 Å². The third-order valence-electron chi connectivity index (χ3n) is 3.76. The van der Waals surface area contributed by atoms with Gasteiger partial charge < -0.3 is 16.0 Å². The maximum Gasteiger partial charge on any atom is 0.321 e. The number of piperidine rings is 1. The molecule has 1 unspecified atom stereocenters. The highest BCUT2D eigenvalue weighted by atomic mass is 16.2. The molecule has 1 aromatic rings. The van der Waals surface area contributed by atoms with Crippen molar-refractivity contribution in [1.82, 2.24) is 4.90 Å². The van der Waals surface area contributed by atoms with E-state index in [1.54, 1.807) is 0 Å². The molecule has 4 nitrogen and oxygen atoms in total. The Morgan fingerprint density at radius 2 is 2.00 bits per heavy atom. The van der Waals surface area contributed by atoms with Gasteiger partial charge in [0, 0.05) is 24.8 Å². The van der Waals surface area contributed by atoms with E-state index in [1.807, 2.05) is 36.1 Å². The first-order valence-electron chi connectivity index (χ1n) is 6.98. The molecular formula is C15H23N3O. The van der Waals surface area contributed by atoms with Crippen molar-refractivity contribution >= 4 is 11.7 Å². The maximum atomic E-state index is 12.2. The van der Waals surface area contributed by atoms with Crippen LogP contribution in [0.1, 0.15) is 38.3 Å². The van der Waals surface area contributed by atoms with Crippen molar-refractivity contribution in [3.05, 3.63) is 29.8 Å². The Morgan fingerprint density at radius 1 is 1.37 bits per heavy atom. The maximum absolute atomic E-state index is 12.2. The van der Waals surface area contributed by atoms with Gasteiger partial charge in [-0.25, -0.2) is 4.79 Å². The number of benzene rings is 1. The van der Waals surface area contributed by atoms with Gasteiger partial charge in [-0.05, 0) is 37.3 Å². The number of rotatable bonds is 2. The van der Waals surface area contributed by atoms with E-state index in [4.69, 9.17) is 5.73 Å². The summed E-state index contributed by atoms with van der Waals surface area (Å²) in [6.07, 6.45) is 2.17. The molecule has 0 aromatic heterocycles. The minimum Gasteiger partial charge on any atom is -0.325 e. The molecule has 1 aromatic carbocycles. The lowest BCUT2D eigenvalue weighted by molar-refractivity contribution is 0.186. The molecule has 4 heteroatoms. The molecule has 2 amide bonds. The number of carbonyl (C=O) groups is 1. The SMILES string of the molecule is CC1CCN(C(=O)Nc2ccccc2C(C)N)CC1. The minimum atomic E-state index is -0.0853. The fraction of sp³-hybridized carbons (Fsp3) is 0.533. The summed E-state index contributed by atoms with van der Waals surface area (Å²) in [6, 6.07) is 7.62. The van der Waals surface area contributed by atoms with Crippen LogP contribution in [0.4, 0.5) is 10.5 Å². The van der Waals surface area contributed by atoms with Crippen molar-refractivity contribution in [2.24, 2.45) is 11.7 Å².